The van der Waals surface area contributed by atoms with Gasteiger partial charge in [-0.1, -0.05) is 17.7 Å². The standard InChI is InChI=1S/C24H18ClF3N4O4/c1-14-22(34)32(18-5-7-19(8-6-18)36-24(26,27)28)23(35)31(14)13-15-9-10-29-20(11-15)30-21(33)16-3-2-4-17(25)12-16/h2-12,34H,13H2,1H3,(H,29,30,33). The number of ether oxygens (including phenoxy) is 1. The summed E-state index contributed by atoms with van der Waals surface area (Å²) in [6, 6.07) is 14.1. The third-order valence-corrected chi connectivity index (χ3v) is 5.42. The Morgan fingerprint density at radius 2 is 1.86 bits per heavy atom. The van der Waals surface area contributed by atoms with Crippen molar-refractivity contribution in [2.24, 2.45) is 0 Å². The van der Waals surface area contributed by atoms with E-state index in [4.69, 9.17) is 11.6 Å². The first-order valence-corrected chi connectivity index (χ1v) is 10.8. The molecule has 2 aromatic heterocycles. The van der Waals surface area contributed by atoms with E-state index in [2.05, 4.69) is 15.0 Å². The first-order valence-electron chi connectivity index (χ1n) is 10.4. The van der Waals surface area contributed by atoms with Gasteiger partial charge in [0, 0.05) is 16.8 Å². The van der Waals surface area contributed by atoms with Crippen molar-refractivity contribution in [1.29, 1.82) is 0 Å². The number of benzene rings is 2. The van der Waals surface area contributed by atoms with Crippen molar-refractivity contribution >= 4 is 23.3 Å². The van der Waals surface area contributed by atoms with Crippen LogP contribution in [0, 0.1) is 6.92 Å². The third kappa shape index (κ3) is 5.52. The number of nitrogens with one attached hydrogen (secondary N) is 1. The molecule has 2 heterocycles. The molecular weight excluding hydrogens is 501 g/mol. The van der Waals surface area contributed by atoms with E-state index >= 15 is 0 Å². The van der Waals surface area contributed by atoms with Crippen LogP contribution in [0.4, 0.5) is 19.0 Å². The van der Waals surface area contributed by atoms with E-state index in [0.717, 1.165) is 16.7 Å². The van der Waals surface area contributed by atoms with E-state index in [1.165, 1.54) is 35.9 Å². The summed E-state index contributed by atoms with van der Waals surface area (Å²) >= 11 is 5.93. The average molecular weight is 519 g/mol. The lowest BCUT2D eigenvalue weighted by Crippen LogP contribution is -2.24. The van der Waals surface area contributed by atoms with Gasteiger partial charge in [0.05, 0.1) is 17.9 Å². The quantitative estimate of drug-likeness (QED) is 0.378. The van der Waals surface area contributed by atoms with Gasteiger partial charge in [-0.3, -0.25) is 9.36 Å². The Morgan fingerprint density at radius 3 is 2.53 bits per heavy atom. The summed E-state index contributed by atoms with van der Waals surface area (Å²) in [5.74, 6) is -1.00. The second-order valence-corrected chi connectivity index (χ2v) is 8.11. The second-order valence-electron chi connectivity index (χ2n) is 7.67. The smallest absolute Gasteiger partial charge is 0.493 e. The van der Waals surface area contributed by atoms with Crippen LogP contribution in [0.3, 0.4) is 0 Å². The normalized spacial score (nSPS) is 11.4. The van der Waals surface area contributed by atoms with E-state index in [1.54, 1.807) is 30.3 Å². The predicted octanol–water partition coefficient (Wildman–Crippen LogP) is 4.90. The number of imidazole rings is 1. The number of carbonyl (C=O) groups excluding carboxylic acids is 1. The number of aromatic hydroxyl groups is 1. The number of anilines is 1. The van der Waals surface area contributed by atoms with Gasteiger partial charge in [0.1, 0.15) is 11.6 Å². The molecule has 0 fully saturated rings. The maximum Gasteiger partial charge on any atom is 0.573 e. The predicted molar refractivity (Wildman–Crippen MR) is 126 cm³/mol. The number of hydrogen-bond donors (Lipinski definition) is 2. The summed E-state index contributed by atoms with van der Waals surface area (Å²) in [5, 5.41) is 13.6. The van der Waals surface area contributed by atoms with Crippen molar-refractivity contribution in [3.8, 4) is 17.3 Å². The number of rotatable bonds is 6. The van der Waals surface area contributed by atoms with Gasteiger partial charge in [-0.15, -0.1) is 13.2 Å². The van der Waals surface area contributed by atoms with Crippen LogP contribution in [0.2, 0.25) is 5.02 Å². The molecular formula is C24H18ClF3N4O4. The first kappa shape index (κ1) is 24.9. The van der Waals surface area contributed by atoms with Gasteiger partial charge in [0.25, 0.3) is 5.91 Å². The SMILES string of the molecule is Cc1c(O)n(-c2ccc(OC(F)(F)F)cc2)c(=O)n1Cc1ccnc(NC(=O)c2cccc(Cl)c2)c1. The average Bonchev–Trinajstić information content (AvgIpc) is 3.02. The van der Waals surface area contributed by atoms with Crippen LogP contribution < -0.4 is 15.7 Å². The van der Waals surface area contributed by atoms with Gasteiger partial charge in [0.2, 0.25) is 5.88 Å². The minimum atomic E-state index is -4.85. The fourth-order valence-corrected chi connectivity index (χ4v) is 3.69. The topological polar surface area (TPSA) is 98.4 Å². The molecule has 0 saturated carbocycles. The van der Waals surface area contributed by atoms with E-state index < -0.39 is 23.7 Å². The monoisotopic (exact) mass is 518 g/mol. The molecule has 12 heteroatoms. The molecule has 0 bridgehead atoms. The Morgan fingerprint density at radius 1 is 1.14 bits per heavy atom. The first-order chi connectivity index (χ1) is 17.0. The van der Waals surface area contributed by atoms with E-state index in [1.807, 2.05) is 0 Å². The molecule has 36 heavy (non-hydrogen) atoms. The Kier molecular flexibility index (Phi) is 6.75. The van der Waals surface area contributed by atoms with Crippen molar-refractivity contribution in [2.45, 2.75) is 19.8 Å². The number of halogens is 4. The van der Waals surface area contributed by atoms with Crippen LogP contribution in [0.25, 0.3) is 5.69 Å². The molecule has 0 unspecified atom stereocenters. The van der Waals surface area contributed by atoms with Gasteiger partial charge < -0.3 is 15.2 Å². The molecule has 186 valence electrons. The maximum absolute atomic E-state index is 13.1. The van der Waals surface area contributed by atoms with Crippen LogP contribution >= 0.6 is 11.6 Å². The highest BCUT2D eigenvalue weighted by Crippen LogP contribution is 2.26. The molecule has 0 aliphatic rings. The molecule has 4 rings (SSSR count). The van der Waals surface area contributed by atoms with E-state index in [9.17, 15) is 27.9 Å². The summed E-state index contributed by atoms with van der Waals surface area (Å²) in [5.41, 5.74) is 0.712. The van der Waals surface area contributed by atoms with Crippen molar-refractivity contribution in [3.63, 3.8) is 0 Å². The van der Waals surface area contributed by atoms with Crippen LogP contribution in [0.1, 0.15) is 21.6 Å². The van der Waals surface area contributed by atoms with Crippen molar-refractivity contribution in [1.82, 2.24) is 14.1 Å². The molecule has 0 atom stereocenters. The number of carbonyl (C=O) groups is 1. The molecule has 0 aliphatic carbocycles. The van der Waals surface area contributed by atoms with Crippen molar-refractivity contribution < 1.29 is 27.8 Å². The zero-order valence-corrected chi connectivity index (χ0v) is 19.3. The number of alkyl halides is 3. The number of aromatic nitrogens is 3. The van der Waals surface area contributed by atoms with Crippen molar-refractivity contribution in [2.75, 3.05) is 5.32 Å². The lowest BCUT2D eigenvalue weighted by atomic mass is 10.2. The van der Waals surface area contributed by atoms with E-state index in [-0.39, 0.29) is 29.6 Å². The molecule has 2 aromatic carbocycles. The van der Waals surface area contributed by atoms with E-state index in [0.29, 0.717) is 16.1 Å². The molecule has 1 amide bonds. The third-order valence-electron chi connectivity index (χ3n) is 5.18. The Balaban J connectivity index is 1.57. The highest BCUT2D eigenvalue weighted by Gasteiger charge is 2.31. The van der Waals surface area contributed by atoms with Gasteiger partial charge in [-0.05, 0) is 67.1 Å². The molecule has 2 N–H and O–H groups in total. The fraction of sp³-hybridized carbons (Fsp3) is 0.125. The Hall–Kier alpha value is -4.25. The summed E-state index contributed by atoms with van der Waals surface area (Å²) in [7, 11) is 0. The molecule has 0 saturated heterocycles. The number of amides is 1. The summed E-state index contributed by atoms with van der Waals surface area (Å²) in [4.78, 5) is 29.7. The maximum atomic E-state index is 13.1. The lowest BCUT2D eigenvalue weighted by molar-refractivity contribution is -0.274. The zero-order valence-electron chi connectivity index (χ0n) is 18.6. The summed E-state index contributed by atoms with van der Waals surface area (Å²) < 4.78 is 43.3. The van der Waals surface area contributed by atoms with Gasteiger partial charge in [0.15, 0.2) is 0 Å². The lowest BCUT2D eigenvalue weighted by Gasteiger charge is -2.09. The van der Waals surface area contributed by atoms with Crippen molar-refractivity contribution in [3.05, 3.63) is 99.2 Å². The number of pyridine rings is 1. The van der Waals surface area contributed by atoms with Crippen LogP contribution in [0.15, 0.2) is 71.7 Å². The second kappa shape index (κ2) is 9.78. The van der Waals surface area contributed by atoms with Gasteiger partial charge in [-0.2, -0.15) is 0 Å². The fourth-order valence-electron chi connectivity index (χ4n) is 3.49. The van der Waals surface area contributed by atoms with Gasteiger partial charge in [-0.25, -0.2) is 14.3 Å². The van der Waals surface area contributed by atoms with Crippen LogP contribution in [-0.2, 0) is 6.54 Å². The minimum absolute atomic E-state index is 0.0308. The Bertz CT molecular complexity index is 1480. The largest absolute Gasteiger partial charge is 0.573 e. The van der Waals surface area contributed by atoms with Crippen LogP contribution in [-0.4, -0.2) is 31.5 Å². The van der Waals surface area contributed by atoms with Crippen LogP contribution in [0.5, 0.6) is 11.6 Å². The number of nitrogens with zero attached hydrogens (tertiary/aromatic N) is 3. The molecule has 0 radical (unpaired) electrons. The minimum Gasteiger partial charge on any atom is -0.493 e. The molecule has 0 aliphatic heterocycles. The highest BCUT2D eigenvalue weighted by molar-refractivity contribution is 6.31. The molecule has 8 nitrogen and oxygen atoms in total. The molecule has 0 spiro atoms. The van der Waals surface area contributed by atoms with Gasteiger partial charge >= 0.3 is 12.1 Å². The highest BCUT2D eigenvalue weighted by atomic mass is 35.5. The summed E-state index contributed by atoms with van der Waals surface area (Å²) in [6.07, 6.45) is -3.39. The number of hydrogen-bond acceptors (Lipinski definition) is 5. The zero-order chi connectivity index (χ0) is 26.0. The Labute approximate surface area is 207 Å². The summed E-state index contributed by atoms with van der Waals surface area (Å²) in [6.45, 7) is 1.56. The molecule has 4 aromatic rings.